The first-order valence-electron chi connectivity index (χ1n) is 9.62. The summed E-state index contributed by atoms with van der Waals surface area (Å²) < 4.78 is 0. The third-order valence-electron chi connectivity index (χ3n) is 4.47. The number of amides is 4. The van der Waals surface area contributed by atoms with Gasteiger partial charge in [0.2, 0.25) is 17.7 Å². The fourth-order valence-corrected chi connectivity index (χ4v) is 2.76. The van der Waals surface area contributed by atoms with E-state index in [0.717, 1.165) is 5.56 Å². The Labute approximate surface area is 175 Å². The molecule has 0 spiro atoms. The van der Waals surface area contributed by atoms with Crippen LogP contribution < -0.4 is 16.4 Å². The molecule has 4 amide bonds. The number of nitrogens with one attached hydrogen (secondary N) is 2. The second kappa shape index (κ2) is 10.8. The maximum atomic E-state index is 12.7. The van der Waals surface area contributed by atoms with Gasteiger partial charge in [-0.2, -0.15) is 0 Å². The number of carbonyl (C=O) groups excluding carboxylic acids is 4. The number of hydrogen-bond acceptors (Lipinski definition) is 4. The molecule has 0 aliphatic carbocycles. The van der Waals surface area contributed by atoms with Crippen molar-refractivity contribution in [2.24, 2.45) is 5.73 Å². The molecule has 0 aliphatic rings. The van der Waals surface area contributed by atoms with E-state index in [1.54, 1.807) is 41.3 Å². The van der Waals surface area contributed by atoms with Gasteiger partial charge in [0, 0.05) is 49.8 Å². The fourth-order valence-electron chi connectivity index (χ4n) is 2.76. The molecule has 2 aromatic rings. The molecule has 0 fully saturated rings. The van der Waals surface area contributed by atoms with Gasteiger partial charge in [-0.05, 0) is 48.9 Å². The van der Waals surface area contributed by atoms with E-state index < -0.39 is 5.91 Å². The molecule has 0 aromatic heterocycles. The van der Waals surface area contributed by atoms with Crippen molar-refractivity contribution in [3.63, 3.8) is 0 Å². The second-order valence-corrected chi connectivity index (χ2v) is 6.73. The van der Waals surface area contributed by atoms with Crippen molar-refractivity contribution in [2.45, 2.75) is 26.8 Å². The van der Waals surface area contributed by atoms with Crippen LogP contribution in [0.1, 0.15) is 46.5 Å². The van der Waals surface area contributed by atoms with Crippen LogP contribution in [0.3, 0.4) is 0 Å². The van der Waals surface area contributed by atoms with Crippen LogP contribution in [0.2, 0.25) is 0 Å². The molecule has 8 heteroatoms. The Hall–Kier alpha value is -3.68. The molecule has 0 heterocycles. The summed E-state index contributed by atoms with van der Waals surface area (Å²) in [5, 5.41) is 5.44. The van der Waals surface area contributed by atoms with E-state index in [2.05, 4.69) is 10.6 Å². The monoisotopic (exact) mass is 410 g/mol. The average molecular weight is 410 g/mol. The molecule has 0 unspecified atom stereocenters. The lowest BCUT2D eigenvalue weighted by atomic mass is 10.1. The van der Waals surface area contributed by atoms with Crippen LogP contribution in [-0.4, -0.2) is 41.6 Å². The van der Waals surface area contributed by atoms with E-state index in [1.807, 2.05) is 6.92 Å². The molecule has 2 rings (SSSR count). The summed E-state index contributed by atoms with van der Waals surface area (Å²) in [5.41, 5.74) is 7.52. The number of primary amides is 1. The molecular formula is C22H26N4O4. The van der Waals surface area contributed by atoms with Crippen molar-refractivity contribution in [3.05, 3.63) is 65.2 Å². The van der Waals surface area contributed by atoms with Gasteiger partial charge in [-0.1, -0.05) is 12.1 Å². The van der Waals surface area contributed by atoms with E-state index in [4.69, 9.17) is 5.73 Å². The van der Waals surface area contributed by atoms with Gasteiger partial charge in [0.15, 0.2) is 0 Å². The topological polar surface area (TPSA) is 122 Å². The van der Waals surface area contributed by atoms with Gasteiger partial charge in [0.1, 0.15) is 0 Å². The van der Waals surface area contributed by atoms with Crippen LogP contribution in [0.15, 0.2) is 48.5 Å². The van der Waals surface area contributed by atoms with Crippen LogP contribution in [0.25, 0.3) is 0 Å². The van der Waals surface area contributed by atoms with Crippen LogP contribution in [0.5, 0.6) is 0 Å². The molecule has 30 heavy (non-hydrogen) atoms. The Morgan fingerprint density at radius 3 is 2.07 bits per heavy atom. The number of carbonyl (C=O) groups is 4. The first-order chi connectivity index (χ1) is 14.3. The van der Waals surface area contributed by atoms with E-state index in [9.17, 15) is 19.2 Å². The first-order valence-corrected chi connectivity index (χ1v) is 9.62. The highest BCUT2D eigenvalue weighted by atomic mass is 16.2. The van der Waals surface area contributed by atoms with Gasteiger partial charge in [0.25, 0.3) is 5.91 Å². The summed E-state index contributed by atoms with van der Waals surface area (Å²) in [5.74, 6) is -1.05. The standard InChI is InChI=1S/C22H26N4O4/c1-3-26(22(30)18-6-4-16(5-7-18)14-24-15(2)27)13-12-20(28)25-19-10-8-17(9-11-19)21(23)29/h4-11H,3,12-14H2,1-2H3,(H2,23,29)(H,24,27)(H,25,28). The minimum atomic E-state index is -0.534. The molecule has 8 nitrogen and oxygen atoms in total. The molecule has 2 aromatic carbocycles. The summed E-state index contributed by atoms with van der Waals surface area (Å²) >= 11 is 0. The third kappa shape index (κ3) is 6.73. The van der Waals surface area contributed by atoms with E-state index >= 15 is 0 Å². The second-order valence-electron chi connectivity index (χ2n) is 6.73. The summed E-state index contributed by atoms with van der Waals surface area (Å²) in [6.45, 7) is 4.44. The van der Waals surface area contributed by atoms with Crippen molar-refractivity contribution in [1.29, 1.82) is 0 Å². The summed E-state index contributed by atoms with van der Waals surface area (Å²) in [6.07, 6.45) is 0.137. The maximum Gasteiger partial charge on any atom is 0.253 e. The van der Waals surface area contributed by atoms with E-state index in [1.165, 1.54) is 19.1 Å². The number of rotatable bonds is 9. The highest BCUT2D eigenvalue weighted by Gasteiger charge is 2.15. The number of benzene rings is 2. The lowest BCUT2D eigenvalue weighted by Crippen LogP contribution is -2.33. The molecule has 0 atom stereocenters. The van der Waals surface area contributed by atoms with Crippen molar-refractivity contribution in [2.75, 3.05) is 18.4 Å². The zero-order valence-electron chi connectivity index (χ0n) is 17.1. The minimum absolute atomic E-state index is 0.116. The Balaban J connectivity index is 1.89. The molecule has 158 valence electrons. The molecule has 0 saturated carbocycles. The van der Waals surface area contributed by atoms with Gasteiger partial charge >= 0.3 is 0 Å². The number of hydrogen-bond donors (Lipinski definition) is 3. The van der Waals surface area contributed by atoms with Crippen molar-refractivity contribution >= 4 is 29.3 Å². The largest absolute Gasteiger partial charge is 0.366 e. The quantitative estimate of drug-likeness (QED) is 0.584. The molecule has 4 N–H and O–H groups in total. The molecule has 0 bridgehead atoms. The highest BCUT2D eigenvalue weighted by molar-refractivity contribution is 5.96. The minimum Gasteiger partial charge on any atom is -0.366 e. The molecule has 0 saturated heterocycles. The first kappa shape index (κ1) is 22.6. The fraction of sp³-hybridized carbons (Fsp3) is 0.273. The van der Waals surface area contributed by atoms with Gasteiger partial charge < -0.3 is 21.3 Å². The molecule has 0 aliphatic heterocycles. The smallest absolute Gasteiger partial charge is 0.253 e. The summed E-state index contributed by atoms with van der Waals surface area (Å²) in [4.78, 5) is 48.6. The lowest BCUT2D eigenvalue weighted by Gasteiger charge is -2.21. The third-order valence-corrected chi connectivity index (χ3v) is 4.47. The van der Waals surface area contributed by atoms with Crippen LogP contribution in [-0.2, 0) is 16.1 Å². The van der Waals surface area contributed by atoms with E-state index in [0.29, 0.717) is 29.9 Å². The zero-order valence-corrected chi connectivity index (χ0v) is 17.1. The van der Waals surface area contributed by atoms with E-state index in [-0.39, 0.29) is 30.7 Å². The Morgan fingerprint density at radius 1 is 0.933 bits per heavy atom. The summed E-state index contributed by atoms with van der Waals surface area (Å²) in [7, 11) is 0. The van der Waals surface area contributed by atoms with Gasteiger partial charge in [-0.15, -0.1) is 0 Å². The van der Waals surface area contributed by atoms with Crippen molar-refractivity contribution in [3.8, 4) is 0 Å². The van der Waals surface area contributed by atoms with Gasteiger partial charge in [0.05, 0.1) is 0 Å². The van der Waals surface area contributed by atoms with Crippen LogP contribution in [0.4, 0.5) is 5.69 Å². The Morgan fingerprint density at radius 2 is 1.53 bits per heavy atom. The number of nitrogens with zero attached hydrogens (tertiary/aromatic N) is 1. The van der Waals surface area contributed by atoms with Crippen LogP contribution >= 0.6 is 0 Å². The average Bonchev–Trinajstić information content (AvgIpc) is 2.73. The zero-order chi connectivity index (χ0) is 22.1. The Kier molecular flexibility index (Phi) is 8.10. The number of nitrogens with two attached hydrogens (primary N) is 1. The molecule has 0 radical (unpaired) electrons. The predicted molar refractivity (Wildman–Crippen MR) is 114 cm³/mol. The SMILES string of the molecule is CCN(CCC(=O)Nc1ccc(C(N)=O)cc1)C(=O)c1ccc(CNC(C)=O)cc1. The lowest BCUT2D eigenvalue weighted by molar-refractivity contribution is -0.119. The highest BCUT2D eigenvalue weighted by Crippen LogP contribution is 2.11. The van der Waals surface area contributed by atoms with Gasteiger partial charge in [-0.3, -0.25) is 19.2 Å². The maximum absolute atomic E-state index is 12.7. The number of anilines is 1. The molecular weight excluding hydrogens is 384 g/mol. The normalized spacial score (nSPS) is 10.2. The predicted octanol–water partition coefficient (Wildman–Crippen LogP) is 1.91. The Bertz CT molecular complexity index is 908. The van der Waals surface area contributed by atoms with Crippen LogP contribution in [0, 0.1) is 0 Å². The van der Waals surface area contributed by atoms with Gasteiger partial charge in [-0.25, -0.2) is 0 Å². The summed E-state index contributed by atoms with van der Waals surface area (Å²) in [6, 6.07) is 13.3. The van der Waals surface area contributed by atoms with Crippen molar-refractivity contribution < 1.29 is 19.2 Å². The van der Waals surface area contributed by atoms with Crippen molar-refractivity contribution in [1.82, 2.24) is 10.2 Å².